The number of ether oxygens (including phenoxy) is 3. The van der Waals surface area contributed by atoms with Crippen LogP contribution in [0, 0.1) is 16.7 Å². The molecule has 0 amide bonds. The molecular weight excluding hydrogens is 308 g/mol. The molecule has 0 saturated heterocycles. The van der Waals surface area contributed by atoms with Gasteiger partial charge in [-0.2, -0.15) is 0 Å². The first-order valence-corrected chi connectivity index (χ1v) is 8.40. The summed E-state index contributed by atoms with van der Waals surface area (Å²) in [5, 5.41) is 9.97. The summed E-state index contributed by atoms with van der Waals surface area (Å²) in [6.45, 7) is 6.80. The zero-order valence-electron chi connectivity index (χ0n) is 15.0. The Morgan fingerprint density at radius 2 is 1.75 bits per heavy atom. The van der Waals surface area contributed by atoms with Crippen LogP contribution in [0.4, 0.5) is 0 Å². The van der Waals surface area contributed by atoms with E-state index in [0.717, 1.165) is 12.8 Å². The molecule has 0 aromatic heterocycles. The van der Waals surface area contributed by atoms with E-state index in [2.05, 4.69) is 20.8 Å². The zero-order valence-corrected chi connectivity index (χ0v) is 15.0. The molecule has 2 aliphatic carbocycles. The molecule has 3 atom stereocenters. The van der Waals surface area contributed by atoms with Gasteiger partial charge >= 0.3 is 5.97 Å². The van der Waals surface area contributed by atoms with Gasteiger partial charge in [-0.3, -0.25) is 0 Å². The number of rotatable bonds is 4. The Kier molecular flexibility index (Phi) is 3.93. The molecule has 132 valence electrons. The quantitative estimate of drug-likeness (QED) is 0.849. The van der Waals surface area contributed by atoms with Crippen molar-refractivity contribution in [1.29, 1.82) is 0 Å². The Morgan fingerprint density at radius 3 is 2.17 bits per heavy atom. The Morgan fingerprint density at radius 1 is 1.17 bits per heavy atom. The van der Waals surface area contributed by atoms with Gasteiger partial charge in [-0.05, 0) is 42.7 Å². The van der Waals surface area contributed by atoms with Crippen LogP contribution in [0.1, 0.15) is 50.4 Å². The van der Waals surface area contributed by atoms with Crippen LogP contribution in [-0.4, -0.2) is 31.4 Å². The van der Waals surface area contributed by atoms with Gasteiger partial charge in [0.05, 0.1) is 19.8 Å². The first kappa shape index (κ1) is 16.9. The first-order chi connectivity index (χ1) is 11.2. The van der Waals surface area contributed by atoms with Crippen molar-refractivity contribution in [2.45, 2.75) is 46.1 Å². The van der Waals surface area contributed by atoms with Crippen molar-refractivity contribution < 1.29 is 24.1 Å². The summed E-state index contributed by atoms with van der Waals surface area (Å²) in [4.78, 5) is 12.7. The monoisotopic (exact) mass is 334 g/mol. The minimum Gasteiger partial charge on any atom is -0.502 e. The van der Waals surface area contributed by atoms with Gasteiger partial charge < -0.3 is 19.3 Å². The summed E-state index contributed by atoms with van der Waals surface area (Å²) in [7, 11) is 2.87. The maximum atomic E-state index is 12.7. The Labute approximate surface area is 142 Å². The van der Waals surface area contributed by atoms with E-state index < -0.39 is 5.97 Å². The fourth-order valence-electron chi connectivity index (χ4n) is 4.52. The van der Waals surface area contributed by atoms with Crippen LogP contribution in [0.25, 0.3) is 0 Å². The highest BCUT2D eigenvalue weighted by Crippen LogP contribution is 2.66. The molecule has 1 aromatic rings. The minimum absolute atomic E-state index is 0.0123. The largest absolute Gasteiger partial charge is 0.502 e. The number of fused-ring (bicyclic) bond motifs is 2. The lowest BCUT2D eigenvalue weighted by atomic mass is 9.70. The third-order valence-corrected chi connectivity index (χ3v) is 6.68. The van der Waals surface area contributed by atoms with Crippen LogP contribution in [0.2, 0.25) is 0 Å². The lowest BCUT2D eigenvalue weighted by Gasteiger charge is -2.38. The molecule has 3 unspecified atom stereocenters. The molecule has 2 saturated carbocycles. The van der Waals surface area contributed by atoms with Gasteiger partial charge in [-0.1, -0.05) is 20.8 Å². The third kappa shape index (κ3) is 2.25. The number of phenolic OH excluding ortho intramolecular Hbond substituents is 1. The van der Waals surface area contributed by atoms with Gasteiger partial charge in [0.15, 0.2) is 11.5 Å². The molecule has 5 heteroatoms. The molecule has 0 radical (unpaired) electrons. The van der Waals surface area contributed by atoms with E-state index in [9.17, 15) is 9.90 Å². The number of aromatic hydroxyl groups is 1. The second-order valence-electron chi connectivity index (χ2n) is 7.73. The van der Waals surface area contributed by atoms with Crippen molar-refractivity contribution in [1.82, 2.24) is 0 Å². The second-order valence-corrected chi connectivity index (χ2v) is 7.73. The zero-order chi connectivity index (χ0) is 17.7. The lowest BCUT2D eigenvalue weighted by Crippen LogP contribution is -2.38. The number of hydrogen-bond acceptors (Lipinski definition) is 5. The molecule has 0 aliphatic heterocycles. The van der Waals surface area contributed by atoms with Gasteiger partial charge in [0.1, 0.15) is 6.10 Å². The standard InChI is InChI=1S/C19H26O5/c1-18(2)12-6-7-19(18,3)15(10-12)24-17(21)11-8-13(22-4)16(20)14(9-11)23-5/h8-9,12,15,20H,6-7,10H2,1-5H3. The molecule has 1 aromatic carbocycles. The number of phenols is 1. The van der Waals surface area contributed by atoms with E-state index in [1.54, 1.807) is 0 Å². The highest BCUT2D eigenvalue weighted by atomic mass is 16.5. The minimum atomic E-state index is -0.402. The number of esters is 1. The molecule has 24 heavy (non-hydrogen) atoms. The van der Waals surface area contributed by atoms with Crippen molar-refractivity contribution in [3.8, 4) is 17.2 Å². The Bertz CT molecular complexity index is 641. The van der Waals surface area contributed by atoms with Crippen LogP contribution < -0.4 is 9.47 Å². The number of benzene rings is 1. The van der Waals surface area contributed by atoms with Crippen LogP contribution in [0.15, 0.2) is 12.1 Å². The summed E-state index contributed by atoms with van der Waals surface area (Å²) in [5.74, 6) is 0.469. The molecule has 1 N–H and O–H groups in total. The van der Waals surface area contributed by atoms with E-state index in [0.29, 0.717) is 11.5 Å². The van der Waals surface area contributed by atoms with E-state index in [-0.39, 0.29) is 34.2 Å². The predicted octanol–water partition coefficient (Wildman–Crippen LogP) is 3.78. The van der Waals surface area contributed by atoms with E-state index in [1.807, 2.05) is 0 Å². The normalized spacial score (nSPS) is 30.2. The second kappa shape index (κ2) is 5.57. The number of hydrogen-bond donors (Lipinski definition) is 1. The molecule has 0 heterocycles. The van der Waals surface area contributed by atoms with Gasteiger partial charge in [-0.15, -0.1) is 0 Å². The summed E-state index contributed by atoms with van der Waals surface area (Å²) in [5.41, 5.74) is 0.520. The molecule has 0 spiro atoms. The van der Waals surface area contributed by atoms with Crippen molar-refractivity contribution in [2.24, 2.45) is 16.7 Å². The molecule has 3 rings (SSSR count). The van der Waals surface area contributed by atoms with Crippen molar-refractivity contribution >= 4 is 5.97 Å². The molecule has 5 nitrogen and oxygen atoms in total. The van der Waals surface area contributed by atoms with E-state index in [1.165, 1.54) is 32.8 Å². The molecule has 2 bridgehead atoms. The fraction of sp³-hybridized carbons (Fsp3) is 0.632. The van der Waals surface area contributed by atoms with Crippen molar-refractivity contribution in [3.63, 3.8) is 0 Å². The van der Waals surface area contributed by atoms with Crippen LogP contribution in [-0.2, 0) is 4.74 Å². The van der Waals surface area contributed by atoms with Crippen molar-refractivity contribution in [2.75, 3.05) is 14.2 Å². The summed E-state index contributed by atoms with van der Waals surface area (Å²) < 4.78 is 16.1. The maximum absolute atomic E-state index is 12.7. The topological polar surface area (TPSA) is 65.0 Å². The van der Waals surface area contributed by atoms with Crippen molar-refractivity contribution in [3.05, 3.63) is 17.7 Å². The van der Waals surface area contributed by atoms with Gasteiger partial charge in [0.2, 0.25) is 5.75 Å². The average molecular weight is 334 g/mol. The van der Waals surface area contributed by atoms with Crippen LogP contribution >= 0.6 is 0 Å². The average Bonchev–Trinajstić information content (AvgIpc) is 2.88. The SMILES string of the molecule is COc1cc(C(=O)OC2CC3CCC2(C)C3(C)C)cc(OC)c1O. The molecular formula is C19H26O5. The predicted molar refractivity (Wildman–Crippen MR) is 89.6 cm³/mol. The van der Waals surface area contributed by atoms with Gasteiger partial charge in [0.25, 0.3) is 0 Å². The van der Waals surface area contributed by atoms with Gasteiger partial charge in [0, 0.05) is 5.41 Å². The Balaban J connectivity index is 1.84. The lowest BCUT2D eigenvalue weighted by molar-refractivity contribution is -0.0242. The van der Waals surface area contributed by atoms with Crippen LogP contribution in [0.3, 0.4) is 0 Å². The molecule has 2 fully saturated rings. The van der Waals surface area contributed by atoms with Crippen LogP contribution in [0.5, 0.6) is 17.2 Å². The number of carbonyl (C=O) groups excluding carboxylic acids is 1. The summed E-state index contributed by atoms with van der Waals surface area (Å²) in [6.07, 6.45) is 3.13. The smallest absolute Gasteiger partial charge is 0.338 e. The van der Waals surface area contributed by atoms with E-state index >= 15 is 0 Å². The van der Waals surface area contributed by atoms with E-state index in [4.69, 9.17) is 14.2 Å². The summed E-state index contributed by atoms with van der Waals surface area (Å²) >= 11 is 0. The van der Waals surface area contributed by atoms with Gasteiger partial charge in [-0.25, -0.2) is 4.79 Å². The first-order valence-electron chi connectivity index (χ1n) is 8.40. The summed E-state index contributed by atoms with van der Waals surface area (Å²) in [6, 6.07) is 2.97. The molecule has 2 aliphatic rings. The third-order valence-electron chi connectivity index (χ3n) is 6.68. The maximum Gasteiger partial charge on any atom is 0.338 e. The highest BCUT2D eigenvalue weighted by molar-refractivity contribution is 5.91. The number of methoxy groups -OCH3 is 2. The Hall–Kier alpha value is -1.91. The fourth-order valence-corrected chi connectivity index (χ4v) is 4.52. The highest BCUT2D eigenvalue weighted by Gasteiger charge is 2.62. The number of carbonyl (C=O) groups is 1.